The average molecular weight is 320 g/mol. The van der Waals surface area contributed by atoms with E-state index < -0.39 is 5.97 Å². The van der Waals surface area contributed by atoms with Gasteiger partial charge in [-0.3, -0.25) is 4.79 Å². The number of imidazole rings is 1. The zero-order valence-electron chi connectivity index (χ0n) is 13.1. The topological polar surface area (TPSA) is 82.8 Å². The molecule has 23 heavy (non-hydrogen) atoms. The molecule has 2 heterocycles. The zero-order chi connectivity index (χ0) is 16.2. The molecule has 0 aliphatic carbocycles. The minimum atomic E-state index is -0.766. The Morgan fingerprint density at radius 3 is 2.74 bits per heavy atom. The van der Waals surface area contributed by atoms with Crippen LogP contribution in [0.25, 0.3) is 11.0 Å². The molecule has 0 saturated carbocycles. The molecule has 0 fully saturated rings. The van der Waals surface area contributed by atoms with E-state index in [9.17, 15) is 4.79 Å². The van der Waals surface area contributed by atoms with E-state index in [1.54, 1.807) is 7.11 Å². The summed E-state index contributed by atoms with van der Waals surface area (Å²) in [4.78, 5) is 15.2. The van der Waals surface area contributed by atoms with Gasteiger partial charge < -0.3 is 23.9 Å². The Balaban J connectivity index is 1.89. The normalized spacial score (nSPS) is 13.4. The summed E-state index contributed by atoms with van der Waals surface area (Å²) in [6.07, 6.45) is 1.58. The van der Waals surface area contributed by atoms with Gasteiger partial charge in [-0.25, -0.2) is 4.98 Å². The quantitative estimate of drug-likeness (QED) is 0.788. The fraction of sp³-hybridized carbons (Fsp3) is 0.500. The minimum Gasteiger partial charge on any atom is -0.486 e. The molecule has 0 amide bonds. The number of aromatic nitrogens is 2. The van der Waals surface area contributed by atoms with Gasteiger partial charge >= 0.3 is 5.97 Å². The monoisotopic (exact) mass is 320 g/mol. The standard InChI is InChI=1S/C16H20N2O5/c1-21-10-15-17-11-8-13-14(23-7-6-22-13)9-12(11)18(15)5-3-2-4-16(19)20/h8-9H,2-7,10H2,1H3,(H,19,20). The number of benzene rings is 1. The van der Waals surface area contributed by atoms with Crippen molar-refractivity contribution in [1.82, 2.24) is 9.55 Å². The maximum Gasteiger partial charge on any atom is 0.303 e. The van der Waals surface area contributed by atoms with E-state index in [1.165, 1.54) is 0 Å². The Morgan fingerprint density at radius 2 is 2.04 bits per heavy atom. The summed E-state index contributed by atoms with van der Waals surface area (Å²) in [5.41, 5.74) is 1.79. The summed E-state index contributed by atoms with van der Waals surface area (Å²) in [5, 5.41) is 8.74. The van der Waals surface area contributed by atoms with Gasteiger partial charge in [0.1, 0.15) is 25.6 Å². The van der Waals surface area contributed by atoms with Crippen molar-refractivity contribution in [2.75, 3.05) is 20.3 Å². The number of ether oxygens (including phenoxy) is 3. The fourth-order valence-electron chi connectivity index (χ4n) is 2.75. The third-order valence-electron chi connectivity index (χ3n) is 3.79. The molecule has 0 unspecified atom stereocenters. The van der Waals surface area contributed by atoms with E-state index >= 15 is 0 Å². The lowest BCUT2D eigenvalue weighted by Gasteiger charge is -2.18. The molecular weight excluding hydrogens is 300 g/mol. The lowest BCUT2D eigenvalue weighted by Crippen LogP contribution is -2.15. The van der Waals surface area contributed by atoms with Crippen LogP contribution in [0.4, 0.5) is 0 Å². The molecule has 0 saturated heterocycles. The second kappa shape index (κ2) is 6.87. The number of carbonyl (C=O) groups is 1. The smallest absolute Gasteiger partial charge is 0.303 e. The fourth-order valence-corrected chi connectivity index (χ4v) is 2.75. The van der Waals surface area contributed by atoms with Crippen molar-refractivity contribution >= 4 is 17.0 Å². The molecule has 7 nitrogen and oxygen atoms in total. The number of carboxylic acid groups (broad SMARTS) is 1. The highest BCUT2D eigenvalue weighted by Gasteiger charge is 2.18. The van der Waals surface area contributed by atoms with Crippen molar-refractivity contribution in [2.24, 2.45) is 0 Å². The molecule has 0 bridgehead atoms. The highest BCUT2D eigenvalue weighted by Crippen LogP contribution is 2.35. The number of hydrogen-bond acceptors (Lipinski definition) is 5. The molecule has 0 radical (unpaired) electrons. The maximum atomic E-state index is 10.6. The van der Waals surface area contributed by atoms with Gasteiger partial charge in [0.05, 0.1) is 11.0 Å². The van der Waals surface area contributed by atoms with Crippen molar-refractivity contribution < 1.29 is 24.1 Å². The molecule has 7 heteroatoms. The van der Waals surface area contributed by atoms with Gasteiger partial charge in [0.25, 0.3) is 0 Å². The summed E-state index contributed by atoms with van der Waals surface area (Å²) in [7, 11) is 1.63. The van der Waals surface area contributed by atoms with E-state index in [1.807, 2.05) is 12.1 Å². The first-order valence-electron chi connectivity index (χ1n) is 7.68. The Morgan fingerprint density at radius 1 is 1.30 bits per heavy atom. The highest BCUT2D eigenvalue weighted by atomic mass is 16.6. The number of nitrogens with zero attached hydrogens (tertiary/aromatic N) is 2. The van der Waals surface area contributed by atoms with Crippen LogP contribution in [0.5, 0.6) is 11.5 Å². The number of aryl methyl sites for hydroxylation is 1. The lowest BCUT2D eigenvalue weighted by atomic mass is 10.2. The number of aliphatic carboxylic acids is 1. The summed E-state index contributed by atoms with van der Waals surface area (Å²) >= 11 is 0. The van der Waals surface area contributed by atoms with Crippen LogP contribution in [0.3, 0.4) is 0 Å². The minimum absolute atomic E-state index is 0.179. The number of methoxy groups -OCH3 is 1. The summed E-state index contributed by atoms with van der Waals surface area (Å²) in [6, 6.07) is 3.82. The Labute approximate surface area is 133 Å². The van der Waals surface area contributed by atoms with Gasteiger partial charge in [-0.2, -0.15) is 0 Å². The number of rotatable bonds is 7. The average Bonchev–Trinajstić information content (AvgIpc) is 2.86. The van der Waals surface area contributed by atoms with E-state index in [-0.39, 0.29) is 6.42 Å². The Bertz CT molecular complexity index is 710. The SMILES string of the molecule is COCc1nc2cc3c(cc2n1CCCCC(=O)O)OCCO3. The maximum absolute atomic E-state index is 10.6. The van der Waals surface area contributed by atoms with Crippen molar-refractivity contribution in [3.05, 3.63) is 18.0 Å². The number of carboxylic acids is 1. The molecule has 2 aromatic rings. The third-order valence-corrected chi connectivity index (χ3v) is 3.79. The molecule has 0 spiro atoms. The van der Waals surface area contributed by atoms with Crippen LogP contribution in [0.1, 0.15) is 25.1 Å². The van der Waals surface area contributed by atoms with Gasteiger partial charge in [-0.15, -0.1) is 0 Å². The molecule has 1 aromatic carbocycles. The Kier molecular flexibility index (Phi) is 4.66. The molecule has 124 valence electrons. The van der Waals surface area contributed by atoms with E-state index in [0.29, 0.717) is 38.5 Å². The number of hydrogen-bond donors (Lipinski definition) is 1. The van der Waals surface area contributed by atoms with Crippen molar-refractivity contribution in [3.8, 4) is 11.5 Å². The van der Waals surface area contributed by atoms with Gasteiger partial charge in [-0.1, -0.05) is 0 Å². The van der Waals surface area contributed by atoms with Gasteiger partial charge in [0.15, 0.2) is 11.5 Å². The predicted octanol–water partition coefficient (Wildman–Crippen LogP) is 2.21. The molecule has 1 aliphatic heterocycles. The highest BCUT2D eigenvalue weighted by molar-refractivity contribution is 5.80. The molecular formula is C16H20N2O5. The van der Waals surface area contributed by atoms with Crippen LogP contribution in [-0.4, -0.2) is 41.0 Å². The van der Waals surface area contributed by atoms with Crippen molar-refractivity contribution in [1.29, 1.82) is 0 Å². The molecule has 0 atom stereocenters. The second-order valence-electron chi connectivity index (χ2n) is 5.45. The Hall–Kier alpha value is -2.28. The lowest BCUT2D eigenvalue weighted by molar-refractivity contribution is -0.137. The van der Waals surface area contributed by atoms with Gasteiger partial charge in [-0.05, 0) is 12.8 Å². The van der Waals surface area contributed by atoms with Gasteiger partial charge in [0.2, 0.25) is 0 Å². The van der Waals surface area contributed by atoms with Crippen LogP contribution >= 0.6 is 0 Å². The van der Waals surface area contributed by atoms with Crippen molar-refractivity contribution in [2.45, 2.75) is 32.4 Å². The predicted molar refractivity (Wildman–Crippen MR) is 82.9 cm³/mol. The van der Waals surface area contributed by atoms with Crippen LogP contribution in [0, 0.1) is 0 Å². The molecule has 1 N–H and O–H groups in total. The summed E-state index contributed by atoms with van der Waals surface area (Å²) < 4.78 is 18.5. The van der Waals surface area contributed by atoms with E-state index in [2.05, 4.69) is 9.55 Å². The molecule has 3 rings (SSSR count). The first kappa shape index (κ1) is 15.6. The first-order valence-corrected chi connectivity index (χ1v) is 7.68. The second-order valence-corrected chi connectivity index (χ2v) is 5.45. The van der Waals surface area contributed by atoms with E-state index in [0.717, 1.165) is 29.0 Å². The first-order chi connectivity index (χ1) is 11.2. The summed E-state index contributed by atoms with van der Waals surface area (Å²) in [6.45, 7) is 2.18. The van der Waals surface area contributed by atoms with Crippen LogP contribution in [-0.2, 0) is 22.7 Å². The number of fused-ring (bicyclic) bond motifs is 2. The third kappa shape index (κ3) is 3.39. The van der Waals surface area contributed by atoms with E-state index in [4.69, 9.17) is 19.3 Å². The van der Waals surface area contributed by atoms with Crippen LogP contribution in [0.15, 0.2) is 12.1 Å². The zero-order valence-corrected chi connectivity index (χ0v) is 13.1. The van der Waals surface area contributed by atoms with Crippen LogP contribution in [0.2, 0.25) is 0 Å². The summed E-state index contributed by atoms with van der Waals surface area (Å²) in [5.74, 6) is 1.49. The van der Waals surface area contributed by atoms with Gasteiger partial charge in [0, 0.05) is 32.2 Å². The largest absolute Gasteiger partial charge is 0.486 e. The number of unbranched alkanes of at least 4 members (excludes halogenated alkanes) is 1. The van der Waals surface area contributed by atoms with Crippen molar-refractivity contribution in [3.63, 3.8) is 0 Å². The molecule has 1 aromatic heterocycles. The molecule has 1 aliphatic rings. The van der Waals surface area contributed by atoms with Crippen LogP contribution < -0.4 is 9.47 Å².